The van der Waals surface area contributed by atoms with E-state index in [9.17, 15) is 0 Å². The Balaban J connectivity index is 1.85. The van der Waals surface area contributed by atoms with Crippen molar-refractivity contribution in [3.05, 3.63) is 12.4 Å². The average Bonchev–Trinajstić information content (AvgIpc) is 2.65. The first-order valence-corrected chi connectivity index (χ1v) is 7.04. The molecule has 1 aromatic heterocycles. The molecule has 0 aromatic carbocycles. The number of nitrogens with zero attached hydrogens (tertiary/aromatic N) is 2. The summed E-state index contributed by atoms with van der Waals surface area (Å²) in [6.07, 6.45) is 9.44. The molecular formula is C12H21N3S. The third-order valence-corrected chi connectivity index (χ3v) is 4.35. The molecule has 3 nitrogen and oxygen atoms in total. The van der Waals surface area contributed by atoms with Gasteiger partial charge in [-0.25, -0.2) is 0 Å². The molecule has 2 rings (SSSR count). The highest BCUT2D eigenvalue weighted by atomic mass is 32.2. The van der Waals surface area contributed by atoms with E-state index >= 15 is 0 Å². The predicted octanol–water partition coefficient (Wildman–Crippen LogP) is 2.43. The van der Waals surface area contributed by atoms with Crippen molar-refractivity contribution in [1.29, 1.82) is 0 Å². The lowest BCUT2D eigenvalue weighted by atomic mass is 9.95. The van der Waals surface area contributed by atoms with Crippen LogP contribution >= 0.6 is 11.8 Å². The van der Waals surface area contributed by atoms with Crippen molar-refractivity contribution in [3.63, 3.8) is 0 Å². The predicted molar refractivity (Wildman–Crippen MR) is 68.8 cm³/mol. The van der Waals surface area contributed by atoms with Crippen molar-refractivity contribution in [2.45, 2.75) is 48.8 Å². The molecule has 0 saturated heterocycles. The molecule has 0 aliphatic heterocycles. The summed E-state index contributed by atoms with van der Waals surface area (Å²) >= 11 is 1.99. The first-order valence-electron chi connectivity index (χ1n) is 6.16. The second-order valence-electron chi connectivity index (χ2n) is 4.51. The van der Waals surface area contributed by atoms with Gasteiger partial charge in [0.1, 0.15) is 0 Å². The van der Waals surface area contributed by atoms with Gasteiger partial charge in [0.05, 0.1) is 6.20 Å². The largest absolute Gasteiger partial charge is 0.314 e. The highest BCUT2D eigenvalue weighted by Crippen LogP contribution is 2.33. The summed E-state index contributed by atoms with van der Waals surface area (Å²) in [6.45, 7) is 3.28. The summed E-state index contributed by atoms with van der Waals surface area (Å²) in [6, 6.07) is 0.730. The molecule has 0 bridgehead atoms. The fourth-order valence-corrected chi connectivity index (χ4v) is 3.70. The fraction of sp³-hybridized carbons (Fsp3) is 0.750. The maximum atomic E-state index is 4.22. The summed E-state index contributed by atoms with van der Waals surface area (Å²) in [7, 11) is 1.98. The Kier molecular flexibility index (Phi) is 4.29. The van der Waals surface area contributed by atoms with Gasteiger partial charge < -0.3 is 5.32 Å². The first kappa shape index (κ1) is 12.0. The number of aryl methyl sites for hydroxylation is 1. The zero-order valence-corrected chi connectivity index (χ0v) is 11.0. The van der Waals surface area contributed by atoms with E-state index < -0.39 is 0 Å². The van der Waals surface area contributed by atoms with E-state index in [-0.39, 0.29) is 0 Å². The number of hydrogen-bond donors (Lipinski definition) is 1. The lowest BCUT2D eigenvalue weighted by Crippen LogP contribution is -2.34. The highest BCUT2D eigenvalue weighted by molar-refractivity contribution is 8.00. The van der Waals surface area contributed by atoms with Crippen LogP contribution in [0.15, 0.2) is 17.3 Å². The van der Waals surface area contributed by atoms with E-state index in [1.54, 1.807) is 0 Å². The van der Waals surface area contributed by atoms with Gasteiger partial charge in [-0.05, 0) is 25.8 Å². The summed E-state index contributed by atoms with van der Waals surface area (Å²) in [5, 5.41) is 8.55. The van der Waals surface area contributed by atoms with Crippen LogP contribution in [-0.4, -0.2) is 27.6 Å². The Bertz CT molecular complexity index is 322. The monoisotopic (exact) mass is 239 g/mol. The van der Waals surface area contributed by atoms with Gasteiger partial charge >= 0.3 is 0 Å². The van der Waals surface area contributed by atoms with Gasteiger partial charge in [0.15, 0.2) is 0 Å². The number of nitrogens with one attached hydrogen (secondary N) is 1. The molecule has 0 amide bonds. The number of rotatable bonds is 4. The Morgan fingerprint density at radius 2 is 2.44 bits per heavy atom. The molecule has 90 valence electrons. The third kappa shape index (κ3) is 3.25. The van der Waals surface area contributed by atoms with Gasteiger partial charge in [-0.3, -0.25) is 4.68 Å². The number of thioether (sulfide) groups is 1. The molecule has 4 heteroatoms. The molecule has 1 aliphatic carbocycles. The molecule has 1 aliphatic rings. The molecule has 1 N–H and O–H groups in total. The van der Waals surface area contributed by atoms with Crippen LogP contribution in [0, 0.1) is 0 Å². The molecule has 1 fully saturated rings. The first-order chi connectivity index (χ1) is 7.78. The maximum absolute atomic E-state index is 4.22. The van der Waals surface area contributed by atoms with Gasteiger partial charge in [0.25, 0.3) is 0 Å². The third-order valence-electron chi connectivity index (χ3n) is 3.10. The minimum Gasteiger partial charge on any atom is -0.314 e. The smallest absolute Gasteiger partial charge is 0.0625 e. The molecule has 1 aromatic rings. The topological polar surface area (TPSA) is 29.9 Å². The standard InChI is InChI=1S/C12H21N3S/c1-3-13-10-5-4-6-11(7-10)16-12-8-14-15(2)9-12/h8-11,13H,3-7H2,1-2H3. The zero-order valence-electron chi connectivity index (χ0n) is 10.1. The van der Waals surface area contributed by atoms with Gasteiger partial charge in [-0.1, -0.05) is 13.3 Å². The van der Waals surface area contributed by atoms with Gasteiger partial charge in [-0.2, -0.15) is 5.10 Å². The molecule has 0 spiro atoms. The average molecular weight is 239 g/mol. The van der Waals surface area contributed by atoms with Crippen molar-refractivity contribution >= 4 is 11.8 Å². The van der Waals surface area contributed by atoms with Gasteiger partial charge in [0.2, 0.25) is 0 Å². The van der Waals surface area contributed by atoms with Crippen LogP contribution in [0.1, 0.15) is 32.6 Å². The van der Waals surface area contributed by atoms with Crippen LogP contribution in [0.3, 0.4) is 0 Å². The Morgan fingerprint density at radius 3 is 3.12 bits per heavy atom. The van der Waals surface area contributed by atoms with Crippen LogP contribution in [0.25, 0.3) is 0 Å². The van der Waals surface area contributed by atoms with Crippen molar-refractivity contribution < 1.29 is 0 Å². The highest BCUT2D eigenvalue weighted by Gasteiger charge is 2.22. The number of aromatic nitrogens is 2. The molecule has 1 saturated carbocycles. The normalized spacial score (nSPS) is 25.9. The van der Waals surface area contributed by atoms with Crippen molar-refractivity contribution in [2.75, 3.05) is 6.54 Å². The van der Waals surface area contributed by atoms with Crippen LogP contribution in [0.5, 0.6) is 0 Å². The van der Waals surface area contributed by atoms with E-state index in [4.69, 9.17) is 0 Å². The second kappa shape index (κ2) is 5.73. The summed E-state index contributed by atoms with van der Waals surface area (Å²) in [4.78, 5) is 1.31. The van der Waals surface area contributed by atoms with E-state index in [0.717, 1.165) is 17.8 Å². The Morgan fingerprint density at radius 1 is 1.56 bits per heavy atom. The van der Waals surface area contributed by atoms with E-state index in [0.29, 0.717) is 0 Å². The van der Waals surface area contributed by atoms with Crippen LogP contribution in [-0.2, 0) is 7.05 Å². The van der Waals surface area contributed by atoms with Gasteiger partial charge in [-0.15, -0.1) is 11.8 Å². The quantitative estimate of drug-likeness (QED) is 0.875. The van der Waals surface area contributed by atoms with Crippen LogP contribution in [0.4, 0.5) is 0 Å². The van der Waals surface area contributed by atoms with E-state index in [2.05, 4.69) is 23.5 Å². The summed E-state index contributed by atoms with van der Waals surface area (Å²) in [5.41, 5.74) is 0. The summed E-state index contributed by atoms with van der Waals surface area (Å²) < 4.78 is 1.88. The molecule has 2 atom stereocenters. The SMILES string of the molecule is CCNC1CCCC(Sc2cnn(C)c2)C1. The van der Waals surface area contributed by atoms with Crippen LogP contribution in [0.2, 0.25) is 0 Å². The van der Waals surface area contributed by atoms with Crippen LogP contribution < -0.4 is 5.32 Å². The van der Waals surface area contributed by atoms with Crippen molar-refractivity contribution in [2.24, 2.45) is 7.05 Å². The molecule has 16 heavy (non-hydrogen) atoms. The molecule has 0 radical (unpaired) electrons. The zero-order chi connectivity index (χ0) is 11.4. The minimum absolute atomic E-state index is 0.730. The van der Waals surface area contributed by atoms with Gasteiger partial charge in [0, 0.05) is 29.4 Å². The minimum atomic E-state index is 0.730. The fourth-order valence-electron chi connectivity index (χ4n) is 2.38. The Hall–Kier alpha value is -0.480. The molecule has 2 unspecified atom stereocenters. The number of hydrogen-bond acceptors (Lipinski definition) is 3. The maximum Gasteiger partial charge on any atom is 0.0625 e. The lowest BCUT2D eigenvalue weighted by Gasteiger charge is -2.28. The second-order valence-corrected chi connectivity index (χ2v) is 5.88. The van der Waals surface area contributed by atoms with E-state index in [1.165, 1.54) is 30.6 Å². The van der Waals surface area contributed by atoms with Crippen molar-refractivity contribution in [1.82, 2.24) is 15.1 Å². The Labute approximate surface area is 102 Å². The lowest BCUT2D eigenvalue weighted by molar-refractivity contribution is 0.388. The molecule has 1 heterocycles. The summed E-state index contributed by atoms with van der Waals surface area (Å²) in [5.74, 6) is 0. The van der Waals surface area contributed by atoms with Crippen molar-refractivity contribution in [3.8, 4) is 0 Å². The molecular weight excluding hydrogens is 218 g/mol. The van der Waals surface area contributed by atoms with E-state index in [1.807, 2.05) is 29.7 Å².